The molecular weight excluding hydrogens is 326 g/mol. The fourth-order valence-corrected chi connectivity index (χ4v) is 5.52. The highest BCUT2D eigenvalue weighted by Gasteiger charge is 2.59. The van der Waals surface area contributed by atoms with Crippen LogP contribution in [0.2, 0.25) is 0 Å². The summed E-state index contributed by atoms with van der Waals surface area (Å²) in [5.74, 6) is 0.0303. The van der Waals surface area contributed by atoms with E-state index >= 15 is 0 Å². The quantitative estimate of drug-likeness (QED) is 0.794. The number of carbonyl (C=O) groups excluding carboxylic acids is 1. The standard InChI is InChI=1S/C17H19N3OS2/c1-17-14(21)19-12-9-5-6-10-13(12)20(17)16(22)23-15(17)18-11-7-3-2-4-8-11/h2-4,7-8,12-13H,5-6,9-10H2,1H3,(H,19,21)/t12-,13-,17?/m1/s1. The third kappa shape index (κ3) is 2.31. The third-order valence-electron chi connectivity index (χ3n) is 5.09. The number of amides is 1. The van der Waals surface area contributed by atoms with E-state index in [1.807, 2.05) is 37.3 Å². The Kier molecular flexibility index (Phi) is 3.69. The van der Waals surface area contributed by atoms with Crippen LogP contribution in [-0.4, -0.2) is 37.8 Å². The van der Waals surface area contributed by atoms with Crippen molar-refractivity contribution in [3.8, 4) is 0 Å². The van der Waals surface area contributed by atoms with Crippen LogP contribution in [0.3, 0.4) is 0 Å². The number of thioether (sulfide) groups is 1. The lowest BCUT2D eigenvalue weighted by molar-refractivity contribution is -0.133. The molecular formula is C17H19N3OS2. The maximum atomic E-state index is 12.9. The van der Waals surface area contributed by atoms with Crippen LogP contribution in [0.1, 0.15) is 32.6 Å². The second kappa shape index (κ2) is 5.60. The number of aliphatic imine (C=N–C) groups is 1. The molecule has 1 amide bonds. The van der Waals surface area contributed by atoms with Crippen LogP contribution in [-0.2, 0) is 4.79 Å². The second-order valence-corrected chi connectivity index (χ2v) is 8.12. The number of carbonyl (C=O) groups is 1. The van der Waals surface area contributed by atoms with E-state index < -0.39 is 5.54 Å². The molecule has 1 N–H and O–H groups in total. The van der Waals surface area contributed by atoms with Gasteiger partial charge in [0.05, 0.1) is 11.7 Å². The van der Waals surface area contributed by atoms with Crippen molar-refractivity contribution in [2.75, 3.05) is 0 Å². The van der Waals surface area contributed by atoms with Gasteiger partial charge in [0, 0.05) is 6.04 Å². The van der Waals surface area contributed by atoms with E-state index in [2.05, 4.69) is 10.2 Å². The maximum Gasteiger partial charge on any atom is 0.252 e. The first-order valence-corrected chi connectivity index (χ1v) is 9.29. The summed E-state index contributed by atoms with van der Waals surface area (Å²) in [4.78, 5) is 19.8. The minimum Gasteiger partial charge on any atom is -0.349 e. The highest BCUT2D eigenvalue weighted by molar-refractivity contribution is 8.33. The molecule has 2 saturated heterocycles. The number of piperazine rings is 1. The van der Waals surface area contributed by atoms with Crippen molar-refractivity contribution < 1.29 is 4.79 Å². The molecule has 3 aliphatic rings. The van der Waals surface area contributed by atoms with Crippen molar-refractivity contribution in [3.05, 3.63) is 30.3 Å². The number of thiocarbonyl (C=S) groups is 1. The maximum absolute atomic E-state index is 12.9. The van der Waals surface area contributed by atoms with Gasteiger partial charge in [0.2, 0.25) is 0 Å². The molecule has 0 bridgehead atoms. The monoisotopic (exact) mass is 345 g/mol. The Morgan fingerprint density at radius 2 is 2.04 bits per heavy atom. The Morgan fingerprint density at radius 1 is 1.30 bits per heavy atom. The van der Waals surface area contributed by atoms with Crippen LogP contribution in [0.5, 0.6) is 0 Å². The predicted molar refractivity (Wildman–Crippen MR) is 98.2 cm³/mol. The number of rotatable bonds is 1. The lowest BCUT2D eigenvalue weighted by Gasteiger charge is -2.50. The minimum atomic E-state index is -0.768. The van der Waals surface area contributed by atoms with Crippen molar-refractivity contribution in [2.45, 2.75) is 50.2 Å². The van der Waals surface area contributed by atoms with Crippen LogP contribution in [0.25, 0.3) is 0 Å². The first kappa shape index (κ1) is 15.1. The first-order chi connectivity index (χ1) is 11.1. The van der Waals surface area contributed by atoms with Crippen LogP contribution >= 0.6 is 24.0 Å². The van der Waals surface area contributed by atoms with Gasteiger partial charge in [-0.1, -0.05) is 43.3 Å². The highest BCUT2D eigenvalue weighted by Crippen LogP contribution is 2.44. The van der Waals surface area contributed by atoms with E-state index in [9.17, 15) is 4.79 Å². The number of nitrogens with one attached hydrogen (secondary N) is 1. The first-order valence-electron chi connectivity index (χ1n) is 8.07. The molecule has 4 nitrogen and oxygen atoms in total. The molecule has 0 spiro atoms. The summed E-state index contributed by atoms with van der Waals surface area (Å²) in [5, 5.41) is 4.02. The van der Waals surface area contributed by atoms with Crippen molar-refractivity contribution in [1.82, 2.24) is 10.2 Å². The topological polar surface area (TPSA) is 44.7 Å². The van der Waals surface area contributed by atoms with Crippen LogP contribution in [0, 0.1) is 0 Å². The Labute approximate surface area is 145 Å². The lowest BCUT2D eigenvalue weighted by atomic mass is 9.82. The number of nitrogens with zero attached hydrogens (tertiary/aromatic N) is 2. The Hall–Kier alpha value is -1.40. The van der Waals surface area contributed by atoms with Gasteiger partial charge < -0.3 is 10.2 Å². The molecule has 1 aromatic rings. The Balaban J connectivity index is 1.76. The molecule has 2 aliphatic heterocycles. The molecule has 3 fully saturated rings. The van der Waals surface area contributed by atoms with Gasteiger partial charge in [-0.3, -0.25) is 4.79 Å². The van der Waals surface area contributed by atoms with Gasteiger partial charge in [-0.2, -0.15) is 0 Å². The molecule has 2 heterocycles. The highest BCUT2D eigenvalue weighted by atomic mass is 32.2. The summed E-state index contributed by atoms with van der Waals surface area (Å²) >= 11 is 7.10. The van der Waals surface area contributed by atoms with E-state index in [0.717, 1.165) is 27.9 Å². The zero-order valence-corrected chi connectivity index (χ0v) is 14.6. The van der Waals surface area contributed by atoms with Crippen molar-refractivity contribution in [3.63, 3.8) is 0 Å². The number of benzene rings is 1. The fraction of sp³-hybridized carbons (Fsp3) is 0.471. The summed E-state index contributed by atoms with van der Waals surface area (Å²) in [6.45, 7) is 1.96. The number of hydrogen-bond donors (Lipinski definition) is 1. The zero-order chi connectivity index (χ0) is 16.0. The number of fused-ring (bicyclic) bond motifs is 3. The summed E-state index contributed by atoms with van der Waals surface area (Å²) in [7, 11) is 0. The summed E-state index contributed by atoms with van der Waals surface area (Å²) in [6, 6.07) is 10.3. The second-order valence-electron chi connectivity index (χ2n) is 6.49. The third-order valence-corrected chi connectivity index (χ3v) is 6.59. The molecule has 120 valence electrons. The van der Waals surface area contributed by atoms with Gasteiger partial charge in [-0.05, 0) is 43.7 Å². The normalized spacial score (nSPS) is 35.0. The van der Waals surface area contributed by atoms with E-state index in [-0.39, 0.29) is 11.9 Å². The summed E-state index contributed by atoms with van der Waals surface area (Å²) in [6.07, 6.45) is 4.50. The molecule has 0 aromatic heterocycles. The van der Waals surface area contributed by atoms with Crippen molar-refractivity contribution in [2.24, 2.45) is 4.99 Å². The molecule has 0 radical (unpaired) electrons. The fourth-order valence-electron chi connectivity index (χ4n) is 3.84. The molecule has 1 unspecified atom stereocenters. The number of para-hydroxylation sites is 1. The van der Waals surface area contributed by atoms with Gasteiger partial charge in [-0.15, -0.1) is 0 Å². The average molecular weight is 345 g/mol. The van der Waals surface area contributed by atoms with Crippen LogP contribution in [0.15, 0.2) is 35.3 Å². The van der Waals surface area contributed by atoms with E-state index in [1.165, 1.54) is 24.6 Å². The smallest absolute Gasteiger partial charge is 0.252 e. The average Bonchev–Trinajstić information content (AvgIpc) is 2.81. The van der Waals surface area contributed by atoms with Crippen molar-refractivity contribution >= 4 is 44.9 Å². The summed E-state index contributed by atoms with van der Waals surface area (Å²) in [5.41, 5.74) is 0.0928. The van der Waals surface area contributed by atoms with Gasteiger partial charge in [0.25, 0.3) is 5.91 Å². The molecule has 3 atom stereocenters. The molecule has 23 heavy (non-hydrogen) atoms. The van der Waals surface area contributed by atoms with Gasteiger partial charge in [0.15, 0.2) is 5.54 Å². The SMILES string of the molecule is CC12C(=O)N[C@@H]3CCCC[C@H]3N1C(=S)SC2=Nc1ccccc1. The van der Waals surface area contributed by atoms with Gasteiger partial charge in [0.1, 0.15) is 9.36 Å². The molecule has 1 saturated carbocycles. The minimum absolute atomic E-state index is 0.0303. The van der Waals surface area contributed by atoms with Crippen molar-refractivity contribution in [1.29, 1.82) is 0 Å². The van der Waals surface area contributed by atoms with Gasteiger partial charge in [-0.25, -0.2) is 4.99 Å². The van der Waals surface area contributed by atoms with E-state index in [0.29, 0.717) is 6.04 Å². The molecule has 6 heteroatoms. The van der Waals surface area contributed by atoms with E-state index in [1.54, 1.807) is 0 Å². The lowest BCUT2D eigenvalue weighted by Crippen LogP contribution is -2.71. The number of hydrogen-bond acceptors (Lipinski definition) is 4. The predicted octanol–water partition coefficient (Wildman–Crippen LogP) is 3.25. The largest absolute Gasteiger partial charge is 0.349 e. The van der Waals surface area contributed by atoms with Crippen LogP contribution in [0.4, 0.5) is 5.69 Å². The van der Waals surface area contributed by atoms with Gasteiger partial charge >= 0.3 is 0 Å². The Morgan fingerprint density at radius 3 is 2.83 bits per heavy atom. The molecule has 1 aromatic carbocycles. The van der Waals surface area contributed by atoms with Crippen LogP contribution < -0.4 is 5.32 Å². The zero-order valence-electron chi connectivity index (χ0n) is 13.0. The van der Waals surface area contributed by atoms with E-state index in [4.69, 9.17) is 17.2 Å². The molecule has 4 rings (SSSR count). The Bertz CT molecular complexity index is 690. The summed E-state index contributed by atoms with van der Waals surface area (Å²) < 4.78 is 0.786. The molecule has 1 aliphatic carbocycles.